The molecule has 4 nitrogen and oxygen atoms in total. The molecule has 0 saturated heterocycles. The molecule has 2 rings (SSSR count). The summed E-state index contributed by atoms with van der Waals surface area (Å²) in [5.74, 6) is -1.41. The number of rotatable bonds is 4. The number of carbonyl (C=O) groups is 2. The number of aryl methyl sites for hydroxylation is 1. The van der Waals surface area contributed by atoms with E-state index in [2.05, 4.69) is 4.98 Å². The van der Waals surface area contributed by atoms with Crippen LogP contribution in [0.2, 0.25) is 0 Å². The molecule has 0 aliphatic rings. The molecule has 0 saturated carbocycles. The monoisotopic (exact) mass is 275 g/mol. The third-order valence-corrected chi connectivity index (χ3v) is 3.95. The minimum absolute atomic E-state index is 0.138. The van der Waals surface area contributed by atoms with Crippen LogP contribution in [0.25, 0.3) is 0 Å². The van der Waals surface area contributed by atoms with Crippen LogP contribution < -0.4 is 0 Å². The second-order valence-electron chi connectivity index (χ2n) is 4.25. The number of ketones is 1. The second kappa shape index (κ2) is 5.32. The fraction of sp³-hybridized carbons (Fsp3) is 0.214. The van der Waals surface area contributed by atoms with Gasteiger partial charge in [-0.3, -0.25) is 4.79 Å². The standard InChI is InChI=1S/C14H13NO3S/c1-8-5-3-4-6-10(8)7-11-15-12(14(17)18)13(19-11)9(2)16/h3-6H,7H2,1-2H3,(H,17,18). The minimum atomic E-state index is -1.16. The van der Waals surface area contributed by atoms with Crippen LogP contribution in [0.3, 0.4) is 0 Å². The fourth-order valence-corrected chi connectivity index (χ4v) is 2.77. The molecular weight excluding hydrogens is 262 g/mol. The highest BCUT2D eigenvalue weighted by Crippen LogP contribution is 2.23. The van der Waals surface area contributed by atoms with Gasteiger partial charge >= 0.3 is 5.97 Å². The first-order chi connectivity index (χ1) is 8.99. The van der Waals surface area contributed by atoms with Gasteiger partial charge in [0.2, 0.25) is 0 Å². The molecule has 0 radical (unpaired) electrons. The first-order valence-electron chi connectivity index (χ1n) is 5.77. The Bertz CT molecular complexity index is 614. The number of benzene rings is 1. The fourth-order valence-electron chi connectivity index (χ4n) is 1.79. The third-order valence-electron chi connectivity index (χ3n) is 2.80. The maximum absolute atomic E-state index is 11.4. The zero-order valence-electron chi connectivity index (χ0n) is 10.6. The number of hydrogen-bond donors (Lipinski definition) is 1. The first-order valence-corrected chi connectivity index (χ1v) is 6.59. The average Bonchev–Trinajstić information content (AvgIpc) is 2.76. The van der Waals surface area contributed by atoms with Crippen molar-refractivity contribution in [1.82, 2.24) is 4.98 Å². The number of thiazole rings is 1. The summed E-state index contributed by atoms with van der Waals surface area (Å²) in [6.07, 6.45) is 0.547. The minimum Gasteiger partial charge on any atom is -0.476 e. The highest BCUT2D eigenvalue weighted by Gasteiger charge is 2.20. The van der Waals surface area contributed by atoms with Gasteiger partial charge in [0.1, 0.15) is 4.88 Å². The van der Waals surface area contributed by atoms with E-state index in [-0.39, 0.29) is 16.4 Å². The predicted octanol–water partition coefficient (Wildman–Crippen LogP) is 2.94. The molecule has 1 aromatic carbocycles. The Balaban J connectivity index is 2.37. The van der Waals surface area contributed by atoms with Crippen LogP contribution in [-0.4, -0.2) is 21.8 Å². The van der Waals surface area contributed by atoms with Crippen LogP contribution >= 0.6 is 11.3 Å². The van der Waals surface area contributed by atoms with Gasteiger partial charge in [-0.15, -0.1) is 11.3 Å². The van der Waals surface area contributed by atoms with Gasteiger partial charge in [-0.2, -0.15) is 0 Å². The number of hydrogen-bond acceptors (Lipinski definition) is 4. The lowest BCUT2D eigenvalue weighted by atomic mass is 10.1. The molecule has 0 bridgehead atoms. The third kappa shape index (κ3) is 2.88. The highest BCUT2D eigenvalue weighted by molar-refractivity contribution is 7.14. The van der Waals surface area contributed by atoms with Crippen molar-refractivity contribution < 1.29 is 14.7 Å². The molecule has 0 aliphatic carbocycles. The Kier molecular flexibility index (Phi) is 3.76. The van der Waals surface area contributed by atoms with Crippen molar-refractivity contribution in [2.24, 2.45) is 0 Å². The summed E-state index contributed by atoms with van der Waals surface area (Å²) < 4.78 is 0. The molecule has 98 valence electrons. The number of aromatic carboxylic acids is 1. The summed E-state index contributed by atoms with van der Waals surface area (Å²) in [5, 5.41) is 9.69. The van der Waals surface area contributed by atoms with Gasteiger partial charge in [0.25, 0.3) is 0 Å². The molecule has 0 atom stereocenters. The smallest absolute Gasteiger partial charge is 0.356 e. The van der Waals surface area contributed by atoms with Gasteiger partial charge in [-0.1, -0.05) is 24.3 Å². The average molecular weight is 275 g/mol. The largest absolute Gasteiger partial charge is 0.476 e. The maximum Gasteiger partial charge on any atom is 0.356 e. The number of nitrogens with zero attached hydrogens (tertiary/aromatic N) is 1. The van der Waals surface area contributed by atoms with Gasteiger partial charge in [0, 0.05) is 13.3 Å². The van der Waals surface area contributed by atoms with Crippen molar-refractivity contribution in [1.29, 1.82) is 0 Å². The lowest BCUT2D eigenvalue weighted by Gasteiger charge is -2.01. The van der Waals surface area contributed by atoms with Crippen molar-refractivity contribution in [3.05, 3.63) is 51.0 Å². The van der Waals surface area contributed by atoms with Crippen LogP contribution in [0.15, 0.2) is 24.3 Å². The number of aromatic nitrogens is 1. The lowest BCUT2D eigenvalue weighted by molar-refractivity contribution is 0.0687. The molecule has 1 heterocycles. The van der Waals surface area contributed by atoms with Crippen molar-refractivity contribution in [3.8, 4) is 0 Å². The van der Waals surface area contributed by atoms with E-state index in [0.29, 0.717) is 11.4 Å². The van der Waals surface area contributed by atoms with E-state index >= 15 is 0 Å². The van der Waals surface area contributed by atoms with Crippen molar-refractivity contribution in [2.45, 2.75) is 20.3 Å². The first kappa shape index (κ1) is 13.4. The lowest BCUT2D eigenvalue weighted by Crippen LogP contribution is -2.03. The van der Waals surface area contributed by atoms with Crippen LogP contribution in [0.5, 0.6) is 0 Å². The summed E-state index contributed by atoms with van der Waals surface area (Å²) in [6.45, 7) is 3.35. The van der Waals surface area contributed by atoms with E-state index in [4.69, 9.17) is 5.11 Å². The number of carbonyl (C=O) groups excluding carboxylic acids is 1. The number of Topliss-reactive ketones (excluding diaryl/α,β-unsaturated/α-hetero) is 1. The Hall–Kier alpha value is -2.01. The maximum atomic E-state index is 11.4. The summed E-state index contributed by atoms with van der Waals surface area (Å²) in [7, 11) is 0. The van der Waals surface area contributed by atoms with E-state index in [9.17, 15) is 9.59 Å². The Labute approximate surface area is 114 Å². The molecule has 1 aromatic heterocycles. The Morgan fingerprint density at radius 3 is 2.53 bits per heavy atom. The van der Waals surface area contributed by atoms with Crippen molar-refractivity contribution in [3.63, 3.8) is 0 Å². The highest BCUT2D eigenvalue weighted by atomic mass is 32.1. The van der Waals surface area contributed by atoms with E-state index in [0.717, 1.165) is 22.5 Å². The Morgan fingerprint density at radius 2 is 2.00 bits per heavy atom. The van der Waals surface area contributed by atoms with E-state index in [1.807, 2.05) is 31.2 Å². The van der Waals surface area contributed by atoms with Crippen molar-refractivity contribution >= 4 is 23.1 Å². The van der Waals surface area contributed by atoms with Gasteiger partial charge in [-0.05, 0) is 18.1 Å². The second-order valence-corrected chi connectivity index (χ2v) is 5.33. The quantitative estimate of drug-likeness (QED) is 0.871. The molecule has 1 N–H and O–H groups in total. The molecule has 0 fully saturated rings. The van der Waals surface area contributed by atoms with Gasteiger partial charge in [-0.25, -0.2) is 9.78 Å². The van der Waals surface area contributed by atoms with Crippen LogP contribution in [0.4, 0.5) is 0 Å². The van der Waals surface area contributed by atoms with E-state index < -0.39 is 5.97 Å². The summed E-state index contributed by atoms with van der Waals surface area (Å²) in [5.41, 5.74) is 2.07. The van der Waals surface area contributed by atoms with Gasteiger partial charge in [0.05, 0.1) is 5.01 Å². The van der Waals surface area contributed by atoms with Crippen LogP contribution in [-0.2, 0) is 6.42 Å². The summed E-state index contributed by atoms with van der Waals surface area (Å²) >= 11 is 1.16. The molecule has 0 unspecified atom stereocenters. The SMILES string of the molecule is CC(=O)c1sc(Cc2ccccc2C)nc1C(=O)O. The molecular formula is C14H13NO3S. The number of carboxylic acids is 1. The predicted molar refractivity (Wildman–Crippen MR) is 73.1 cm³/mol. The molecule has 0 amide bonds. The van der Waals surface area contributed by atoms with Crippen LogP contribution in [0.1, 0.15) is 43.2 Å². The van der Waals surface area contributed by atoms with E-state index in [1.54, 1.807) is 0 Å². The van der Waals surface area contributed by atoms with Gasteiger partial charge < -0.3 is 5.11 Å². The normalized spacial score (nSPS) is 10.4. The number of carboxylic acid groups (broad SMARTS) is 1. The Morgan fingerprint density at radius 1 is 1.32 bits per heavy atom. The van der Waals surface area contributed by atoms with Crippen LogP contribution in [0, 0.1) is 6.92 Å². The molecule has 5 heteroatoms. The molecule has 19 heavy (non-hydrogen) atoms. The zero-order valence-corrected chi connectivity index (χ0v) is 11.5. The topological polar surface area (TPSA) is 67.3 Å². The van der Waals surface area contributed by atoms with Crippen molar-refractivity contribution in [2.75, 3.05) is 0 Å². The molecule has 0 aliphatic heterocycles. The van der Waals surface area contributed by atoms with E-state index in [1.165, 1.54) is 6.92 Å². The van der Waals surface area contributed by atoms with Gasteiger partial charge in [0.15, 0.2) is 11.5 Å². The summed E-state index contributed by atoms with van der Waals surface area (Å²) in [4.78, 5) is 26.7. The molecule has 0 spiro atoms. The molecule has 2 aromatic rings. The zero-order chi connectivity index (χ0) is 14.0. The summed E-state index contributed by atoms with van der Waals surface area (Å²) in [6, 6.07) is 7.85.